The molecule has 4 heteroatoms. The molecule has 0 aliphatic carbocycles. The molecule has 26 heavy (non-hydrogen) atoms. The summed E-state index contributed by atoms with van der Waals surface area (Å²) in [6.07, 6.45) is 6.08. The lowest BCUT2D eigenvalue weighted by molar-refractivity contribution is -0.0373. The van der Waals surface area contributed by atoms with Crippen LogP contribution in [0.4, 0.5) is 0 Å². The van der Waals surface area contributed by atoms with Crippen molar-refractivity contribution in [3.8, 4) is 0 Å². The molecule has 0 fully saturated rings. The van der Waals surface area contributed by atoms with Gasteiger partial charge in [0.1, 0.15) is 0 Å². The lowest BCUT2D eigenvalue weighted by atomic mass is 10.1. The largest absolute Gasteiger partial charge is 0.409 e. The molecule has 0 amide bonds. The molecule has 0 aromatic heterocycles. The molecule has 0 aliphatic rings. The van der Waals surface area contributed by atoms with Crippen molar-refractivity contribution in [1.29, 1.82) is 0 Å². The first kappa shape index (κ1) is 23.1. The molecule has 0 aliphatic heterocycles. The minimum absolute atomic E-state index is 0.104. The van der Waals surface area contributed by atoms with E-state index in [1.54, 1.807) is 0 Å². The van der Waals surface area contributed by atoms with Crippen molar-refractivity contribution in [2.75, 3.05) is 6.61 Å². The van der Waals surface area contributed by atoms with Gasteiger partial charge in [-0.25, -0.2) is 0 Å². The van der Waals surface area contributed by atoms with Gasteiger partial charge in [-0.3, -0.25) is 0 Å². The predicted molar refractivity (Wildman–Crippen MR) is 113 cm³/mol. The summed E-state index contributed by atoms with van der Waals surface area (Å²) in [5.74, 6) is 0. The van der Waals surface area contributed by atoms with E-state index in [4.69, 9.17) is 9.16 Å². The van der Waals surface area contributed by atoms with E-state index in [2.05, 4.69) is 65.1 Å². The molecule has 2 atom stereocenters. The predicted octanol–water partition coefficient (Wildman–Crippen LogP) is 5.70. The number of allylic oxidation sites excluding steroid dienone is 2. The van der Waals surface area contributed by atoms with E-state index in [0.29, 0.717) is 19.6 Å². The van der Waals surface area contributed by atoms with Crippen molar-refractivity contribution in [1.82, 2.24) is 0 Å². The molecule has 0 unspecified atom stereocenters. The Morgan fingerprint density at radius 1 is 1.12 bits per heavy atom. The SMILES string of the molecule is CC/C=C\CC[C@H](O)[C@H](COCc1ccccc1)O[Si](C)(C)C(C)(C)C. The summed E-state index contributed by atoms with van der Waals surface area (Å²) in [6, 6.07) is 10.1. The maximum absolute atomic E-state index is 10.7. The molecule has 148 valence electrons. The molecule has 0 radical (unpaired) electrons. The van der Waals surface area contributed by atoms with Crippen molar-refractivity contribution in [2.45, 2.75) is 83.9 Å². The summed E-state index contributed by atoms with van der Waals surface area (Å²) in [7, 11) is -1.97. The number of aliphatic hydroxyl groups excluding tert-OH is 1. The molecule has 1 rings (SSSR count). The monoisotopic (exact) mass is 378 g/mol. The highest BCUT2D eigenvalue weighted by Gasteiger charge is 2.40. The quantitative estimate of drug-likeness (QED) is 0.396. The van der Waals surface area contributed by atoms with Crippen LogP contribution < -0.4 is 0 Å². The van der Waals surface area contributed by atoms with Crippen LogP contribution in [0, 0.1) is 0 Å². The number of rotatable bonds is 11. The average molecular weight is 379 g/mol. The van der Waals surface area contributed by atoms with Gasteiger partial charge in [-0.2, -0.15) is 0 Å². The Hall–Kier alpha value is -0.943. The van der Waals surface area contributed by atoms with E-state index in [1.807, 2.05) is 18.2 Å². The second-order valence-corrected chi connectivity index (χ2v) is 13.2. The molecule has 0 saturated carbocycles. The Bertz CT molecular complexity index is 520. The first-order chi connectivity index (χ1) is 12.2. The summed E-state index contributed by atoms with van der Waals surface area (Å²) in [6.45, 7) is 14.2. The topological polar surface area (TPSA) is 38.7 Å². The number of hydrogen-bond acceptors (Lipinski definition) is 3. The second kappa shape index (κ2) is 11.0. The van der Waals surface area contributed by atoms with Gasteiger partial charge in [0.25, 0.3) is 0 Å². The Kier molecular flexibility index (Phi) is 9.80. The molecule has 1 aromatic carbocycles. The Morgan fingerprint density at radius 2 is 1.77 bits per heavy atom. The Labute approximate surface area is 161 Å². The summed E-state index contributed by atoms with van der Waals surface area (Å²) in [4.78, 5) is 0. The van der Waals surface area contributed by atoms with Crippen molar-refractivity contribution < 1.29 is 14.3 Å². The molecule has 0 heterocycles. The van der Waals surface area contributed by atoms with Gasteiger partial charge in [-0.05, 0) is 43.0 Å². The molecule has 1 N–H and O–H groups in total. The summed E-state index contributed by atoms with van der Waals surface area (Å²) < 4.78 is 12.4. The van der Waals surface area contributed by atoms with Crippen molar-refractivity contribution in [2.24, 2.45) is 0 Å². The van der Waals surface area contributed by atoms with Gasteiger partial charge in [-0.1, -0.05) is 70.2 Å². The normalized spacial score (nSPS) is 15.3. The molecule has 0 saturated heterocycles. The summed E-state index contributed by atoms with van der Waals surface area (Å²) >= 11 is 0. The van der Waals surface area contributed by atoms with Gasteiger partial charge < -0.3 is 14.3 Å². The fourth-order valence-electron chi connectivity index (χ4n) is 2.38. The van der Waals surface area contributed by atoms with Gasteiger partial charge in [0, 0.05) is 0 Å². The van der Waals surface area contributed by atoms with Gasteiger partial charge in [-0.15, -0.1) is 0 Å². The fraction of sp³-hybridized carbons (Fsp3) is 0.636. The molecular weight excluding hydrogens is 340 g/mol. The molecule has 0 bridgehead atoms. The van der Waals surface area contributed by atoms with E-state index in [1.165, 1.54) is 0 Å². The van der Waals surface area contributed by atoms with Crippen LogP contribution in [0.5, 0.6) is 0 Å². The smallest absolute Gasteiger partial charge is 0.192 e. The van der Waals surface area contributed by atoms with E-state index in [9.17, 15) is 5.11 Å². The third kappa shape index (κ3) is 8.17. The zero-order valence-corrected chi connectivity index (χ0v) is 18.5. The van der Waals surface area contributed by atoms with Crippen LogP contribution >= 0.6 is 0 Å². The van der Waals surface area contributed by atoms with Crippen LogP contribution in [0.15, 0.2) is 42.5 Å². The number of benzene rings is 1. The van der Waals surface area contributed by atoms with Crippen LogP contribution in [0.25, 0.3) is 0 Å². The van der Waals surface area contributed by atoms with Crippen molar-refractivity contribution in [3.05, 3.63) is 48.0 Å². The van der Waals surface area contributed by atoms with Gasteiger partial charge >= 0.3 is 0 Å². The second-order valence-electron chi connectivity index (χ2n) is 8.44. The first-order valence-corrected chi connectivity index (χ1v) is 12.7. The number of aliphatic hydroxyl groups is 1. The molecule has 3 nitrogen and oxygen atoms in total. The van der Waals surface area contributed by atoms with Crippen LogP contribution in [0.1, 0.15) is 52.5 Å². The molecule has 0 spiro atoms. The van der Waals surface area contributed by atoms with Crippen LogP contribution in [-0.2, 0) is 15.8 Å². The maximum atomic E-state index is 10.7. The molecular formula is C22H38O3Si. The minimum atomic E-state index is -1.97. The van der Waals surface area contributed by atoms with Crippen LogP contribution in [0.2, 0.25) is 18.1 Å². The van der Waals surface area contributed by atoms with Crippen LogP contribution in [-0.4, -0.2) is 32.2 Å². The zero-order valence-electron chi connectivity index (χ0n) is 17.5. The Balaban J connectivity index is 2.68. The van der Waals surface area contributed by atoms with E-state index in [0.717, 1.165) is 18.4 Å². The zero-order chi connectivity index (χ0) is 19.6. The third-order valence-corrected chi connectivity index (χ3v) is 9.61. The highest BCUT2D eigenvalue weighted by molar-refractivity contribution is 6.74. The fourth-order valence-corrected chi connectivity index (χ4v) is 3.72. The average Bonchev–Trinajstić information content (AvgIpc) is 2.57. The van der Waals surface area contributed by atoms with E-state index >= 15 is 0 Å². The maximum Gasteiger partial charge on any atom is 0.192 e. The van der Waals surface area contributed by atoms with Gasteiger partial charge in [0.05, 0.1) is 25.4 Å². The van der Waals surface area contributed by atoms with Gasteiger partial charge in [0.2, 0.25) is 0 Å². The van der Waals surface area contributed by atoms with Crippen molar-refractivity contribution in [3.63, 3.8) is 0 Å². The number of ether oxygens (including phenoxy) is 1. The van der Waals surface area contributed by atoms with E-state index < -0.39 is 14.4 Å². The number of hydrogen-bond donors (Lipinski definition) is 1. The lowest BCUT2D eigenvalue weighted by Gasteiger charge is -2.40. The highest BCUT2D eigenvalue weighted by atomic mass is 28.4. The first-order valence-electron chi connectivity index (χ1n) is 9.80. The van der Waals surface area contributed by atoms with Crippen molar-refractivity contribution >= 4 is 8.32 Å². The standard InChI is InChI=1S/C22H38O3Si/c1-7-8-9-13-16-20(23)21(25-26(5,6)22(2,3)4)18-24-17-19-14-11-10-12-15-19/h8-12,14-15,20-21,23H,7,13,16-18H2,1-6H3/b9-8-/t20-,21-/m0/s1. The summed E-state index contributed by atoms with van der Waals surface area (Å²) in [5.41, 5.74) is 1.14. The van der Waals surface area contributed by atoms with E-state index in [-0.39, 0.29) is 11.1 Å². The highest BCUT2D eigenvalue weighted by Crippen LogP contribution is 2.37. The summed E-state index contributed by atoms with van der Waals surface area (Å²) in [5, 5.41) is 10.8. The molecule has 1 aromatic rings. The Morgan fingerprint density at radius 3 is 2.35 bits per heavy atom. The lowest BCUT2D eigenvalue weighted by Crippen LogP contribution is -2.48. The minimum Gasteiger partial charge on any atom is -0.409 e. The van der Waals surface area contributed by atoms with Crippen LogP contribution in [0.3, 0.4) is 0 Å². The van der Waals surface area contributed by atoms with Gasteiger partial charge in [0.15, 0.2) is 8.32 Å². The third-order valence-electron chi connectivity index (χ3n) is 5.11.